The van der Waals surface area contributed by atoms with Crippen LogP contribution in [-0.2, 0) is 0 Å². The Morgan fingerprint density at radius 1 is 1.07 bits per heavy atom. The lowest BCUT2D eigenvalue weighted by Gasteiger charge is -2.08. The number of amides is 1. The van der Waals surface area contributed by atoms with Crippen LogP contribution < -0.4 is 10.1 Å². The Morgan fingerprint density at radius 2 is 1.85 bits per heavy atom. The predicted octanol–water partition coefficient (Wildman–Crippen LogP) is 5.41. The van der Waals surface area contributed by atoms with Gasteiger partial charge in [0.05, 0.1) is 23.3 Å². The Bertz CT molecular complexity index is 1140. The average molecular weight is 379 g/mol. The summed E-state index contributed by atoms with van der Waals surface area (Å²) in [7, 11) is 1.53. The number of hydrogen-bond donors (Lipinski definition) is 1. The van der Waals surface area contributed by atoms with Crippen molar-refractivity contribution in [3.8, 4) is 17.2 Å². The standard InChI is InChI=1S/C21H15ClN2O3/c1-26-18-9-5-3-7-15(18)20(25)23-13-10-11-19-17(12-13)24-21(27-19)14-6-2-4-8-16(14)22/h2-12H,1H3,(H,23,25). The third kappa shape index (κ3) is 3.37. The van der Waals surface area contributed by atoms with Gasteiger partial charge in [-0.1, -0.05) is 35.9 Å². The lowest BCUT2D eigenvalue weighted by Crippen LogP contribution is -2.13. The van der Waals surface area contributed by atoms with Crippen molar-refractivity contribution in [3.05, 3.63) is 77.3 Å². The molecule has 0 atom stereocenters. The molecule has 0 radical (unpaired) electrons. The highest BCUT2D eigenvalue weighted by molar-refractivity contribution is 6.33. The molecule has 0 fully saturated rings. The number of rotatable bonds is 4. The molecule has 0 unspecified atom stereocenters. The number of ether oxygens (including phenoxy) is 1. The number of carbonyl (C=O) groups is 1. The van der Waals surface area contributed by atoms with Crippen molar-refractivity contribution in [3.63, 3.8) is 0 Å². The molecule has 1 amide bonds. The molecule has 1 aromatic heterocycles. The van der Waals surface area contributed by atoms with Crippen LogP contribution in [0, 0.1) is 0 Å². The fraction of sp³-hybridized carbons (Fsp3) is 0.0476. The number of carbonyl (C=O) groups excluding carboxylic acids is 1. The average Bonchev–Trinajstić information content (AvgIpc) is 3.11. The summed E-state index contributed by atoms with van der Waals surface area (Å²) in [4.78, 5) is 17.0. The second kappa shape index (κ2) is 7.13. The van der Waals surface area contributed by atoms with Gasteiger partial charge in [-0.2, -0.15) is 0 Å². The minimum absolute atomic E-state index is 0.262. The summed E-state index contributed by atoms with van der Waals surface area (Å²) in [6, 6.07) is 19.7. The van der Waals surface area contributed by atoms with E-state index in [4.69, 9.17) is 20.8 Å². The fourth-order valence-electron chi connectivity index (χ4n) is 2.79. The molecule has 0 spiro atoms. The molecule has 5 nitrogen and oxygen atoms in total. The van der Waals surface area contributed by atoms with Gasteiger partial charge in [0.2, 0.25) is 5.89 Å². The van der Waals surface area contributed by atoms with Gasteiger partial charge < -0.3 is 14.5 Å². The summed E-state index contributed by atoms with van der Waals surface area (Å²) < 4.78 is 11.0. The maximum atomic E-state index is 12.5. The normalized spacial score (nSPS) is 10.7. The van der Waals surface area contributed by atoms with Crippen molar-refractivity contribution < 1.29 is 13.9 Å². The topological polar surface area (TPSA) is 64.4 Å². The molecule has 4 rings (SSSR count). The molecule has 1 heterocycles. The number of anilines is 1. The molecule has 0 aliphatic carbocycles. The number of fused-ring (bicyclic) bond motifs is 1. The Labute approximate surface area is 160 Å². The highest BCUT2D eigenvalue weighted by atomic mass is 35.5. The molecule has 0 saturated carbocycles. The number of oxazole rings is 1. The molecule has 0 aliphatic heterocycles. The van der Waals surface area contributed by atoms with Crippen LogP contribution in [0.15, 0.2) is 71.1 Å². The molecule has 0 bridgehead atoms. The van der Waals surface area contributed by atoms with Gasteiger partial charge in [0, 0.05) is 5.69 Å². The van der Waals surface area contributed by atoms with Gasteiger partial charge >= 0.3 is 0 Å². The van der Waals surface area contributed by atoms with Crippen LogP contribution in [0.5, 0.6) is 5.75 Å². The van der Waals surface area contributed by atoms with Gasteiger partial charge in [-0.3, -0.25) is 4.79 Å². The van der Waals surface area contributed by atoms with Crippen LogP contribution in [0.1, 0.15) is 10.4 Å². The summed E-state index contributed by atoms with van der Waals surface area (Å²) >= 11 is 6.21. The zero-order chi connectivity index (χ0) is 18.8. The molecule has 3 aromatic carbocycles. The van der Waals surface area contributed by atoms with E-state index in [1.165, 1.54) is 7.11 Å². The Hall–Kier alpha value is -3.31. The van der Waals surface area contributed by atoms with Gasteiger partial charge in [-0.25, -0.2) is 4.98 Å². The SMILES string of the molecule is COc1ccccc1C(=O)Nc1ccc2oc(-c3ccccc3Cl)nc2c1. The second-order valence-electron chi connectivity index (χ2n) is 5.84. The van der Waals surface area contributed by atoms with Crippen molar-refractivity contribution in [1.29, 1.82) is 0 Å². The number of aromatic nitrogens is 1. The van der Waals surface area contributed by atoms with E-state index < -0.39 is 0 Å². The molecular formula is C21H15ClN2O3. The zero-order valence-corrected chi connectivity index (χ0v) is 15.2. The second-order valence-corrected chi connectivity index (χ2v) is 6.24. The summed E-state index contributed by atoms with van der Waals surface area (Å²) in [5.74, 6) is 0.684. The van der Waals surface area contributed by atoms with Gasteiger partial charge in [0.1, 0.15) is 11.3 Å². The number of para-hydroxylation sites is 1. The summed E-state index contributed by atoms with van der Waals surface area (Å²) in [6.07, 6.45) is 0. The van der Waals surface area contributed by atoms with Crippen molar-refractivity contribution >= 4 is 34.3 Å². The molecule has 0 aliphatic rings. The highest BCUT2D eigenvalue weighted by Crippen LogP contribution is 2.31. The van der Waals surface area contributed by atoms with Crippen molar-refractivity contribution in [2.24, 2.45) is 0 Å². The van der Waals surface area contributed by atoms with Gasteiger partial charge in [0.25, 0.3) is 5.91 Å². The number of benzene rings is 3. The van der Waals surface area contributed by atoms with E-state index in [0.717, 1.165) is 5.56 Å². The van der Waals surface area contributed by atoms with Crippen LogP contribution in [0.25, 0.3) is 22.6 Å². The first-order chi connectivity index (χ1) is 13.2. The van der Waals surface area contributed by atoms with E-state index in [9.17, 15) is 4.79 Å². The van der Waals surface area contributed by atoms with Crippen LogP contribution >= 0.6 is 11.6 Å². The Kier molecular flexibility index (Phi) is 4.52. The highest BCUT2D eigenvalue weighted by Gasteiger charge is 2.14. The van der Waals surface area contributed by atoms with E-state index in [1.54, 1.807) is 42.5 Å². The van der Waals surface area contributed by atoms with E-state index in [1.807, 2.05) is 24.3 Å². The maximum absolute atomic E-state index is 12.5. The molecule has 1 N–H and O–H groups in total. The largest absolute Gasteiger partial charge is 0.496 e. The van der Waals surface area contributed by atoms with Gasteiger partial charge in [-0.15, -0.1) is 0 Å². The Morgan fingerprint density at radius 3 is 2.67 bits per heavy atom. The molecule has 4 aromatic rings. The quantitative estimate of drug-likeness (QED) is 0.515. The molecule has 6 heteroatoms. The molecule has 0 saturated heterocycles. The van der Waals surface area contributed by atoms with Crippen LogP contribution in [-0.4, -0.2) is 18.0 Å². The fourth-order valence-corrected chi connectivity index (χ4v) is 3.00. The number of methoxy groups -OCH3 is 1. The van der Waals surface area contributed by atoms with Crippen LogP contribution in [0.2, 0.25) is 5.02 Å². The lowest BCUT2D eigenvalue weighted by atomic mass is 10.2. The summed E-state index contributed by atoms with van der Waals surface area (Å²) in [6.45, 7) is 0. The molecular weight excluding hydrogens is 364 g/mol. The minimum Gasteiger partial charge on any atom is -0.496 e. The maximum Gasteiger partial charge on any atom is 0.259 e. The van der Waals surface area contributed by atoms with E-state index in [2.05, 4.69) is 10.3 Å². The summed E-state index contributed by atoms with van der Waals surface area (Å²) in [5.41, 5.74) is 3.02. The van der Waals surface area contributed by atoms with Gasteiger partial charge in [0.15, 0.2) is 5.58 Å². The van der Waals surface area contributed by atoms with E-state index in [-0.39, 0.29) is 5.91 Å². The van der Waals surface area contributed by atoms with E-state index >= 15 is 0 Å². The zero-order valence-electron chi connectivity index (χ0n) is 14.4. The predicted molar refractivity (Wildman–Crippen MR) is 105 cm³/mol. The third-order valence-electron chi connectivity index (χ3n) is 4.10. The first-order valence-corrected chi connectivity index (χ1v) is 8.63. The van der Waals surface area contributed by atoms with Gasteiger partial charge in [-0.05, 0) is 42.5 Å². The number of hydrogen-bond acceptors (Lipinski definition) is 4. The lowest BCUT2D eigenvalue weighted by molar-refractivity contribution is 0.102. The smallest absolute Gasteiger partial charge is 0.259 e. The monoisotopic (exact) mass is 378 g/mol. The Balaban J connectivity index is 1.64. The minimum atomic E-state index is -0.262. The first kappa shape index (κ1) is 17.1. The van der Waals surface area contributed by atoms with Crippen molar-refractivity contribution in [2.45, 2.75) is 0 Å². The van der Waals surface area contributed by atoms with E-state index in [0.29, 0.717) is 39.0 Å². The first-order valence-electron chi connectivity index (χ1n) is 8.25. The summed E-state index contributed by atoms with van der Waals surface area (Å²) in [5, 5.41) is 3.42. The third-order valence-corrected chi connectivity index (χ3v) is 4.43. The number of nitrogens with zero attached hydrogens (tertiary/aromatic N) is 1. The van der Waals surface area contributed by atoms with Crippen molar-refractivity contribution in [2.75, 3.05) is 12.4 Å². The number of halogens is 1. The molecule has 134 valence electrons. The van der Waals surface area contributed by atoms with Crippen LogP contribution in [0.3, 0.4) is 0 Å². The number of nitrogens with one attached hydrogen (secondary N) is 1. The van der Waals surface area contributed by atoms with Crippen molar-refractivity contribution in [1.82, 2.24) is 4.98 Å². The van der Waals surface area contributed by atoms with Crippen LogP contribution in [0.4, 0.5) is 5.69 Å². The molecule has 27 heavy (non-hydrogen) atoms.